The van der Waals surface area contributed by atoms with Gasteiger partial charge in [-0.2, -0.15) is 0 Å². The van der Waals surface area contributed by atoms with Crippen molar-refractivity contribution in [2.24, 2.45) is 0 Å². The third-order valence-electron chi connectivity index (χ3n) is 5.42. The Morgan fingerprint density at radius 2 is 1.90 bits per heavy atom. The molecule has 3 heterocycles. The number of likely N-dealkylation sites (tertiary alicyclic amines) is 1. The van der Waals surface area contributed by atoms with Crippen LogP contribution < -0.4 is 5.32 Å². The van der Waals surface area contributed by atoms with E-state index >= 15 is 0 Å². The van der Waals surface area contributed by atoms with Gasteiger partial charge in [-0.25, -0.2) is 14.4 Å². The number of aromatic nitrogens is 3. The van der Waals surface area contributed by atoms with Gasteiger partial charge in [0.05, 0.1) is 16.8 Å². The predicted octanol–water partition coefficient (Wildman–Crippen LogP) is 3.59. The number of benzene rings is 1. The molecule has 0 radical (unpaired) electrons. The summed E-state index contributed by atoms with van der Waals surface area (Å²) in [6.45, 7) is 3.04. The second-order valence-corrected chi connectivity index (χ2v) is 7.54. The summed E-state index contributed by atoms with van der Waals surface area (Å²) in [6.07, 6.45) is 6.31. The van der Waals surface area contributed by atoms with Crippen LogP contribution in [-0.2, 0) is 0 Å². The number of carbonyl (C=O) groups excluding carboxylic acids is 2. The number of pyridine rings is 1. The minimum absolute atomic E-state index is 0.0712. The van der Waals surface area contributed by atoms with Crippen LogP contribution in [0.1, 0.15) is 50.9 Å². The van der Waals surface area contributed by atoms with Crippen LogP contribution in [0.25, 0.3) is 0 Å². The maximum atomic E-state index is 13.0. The van der Waals surface area contributed by atoms with Gasteiger partial charge in [0, 0.05) is 42.8 Å². The molecule has 1 saturated heterocycles. The zero-order chi connectivity index (χ0) is 21.8. The lowest BCUT2D eigenvalue weighted by atomic mass is 9.93. The summed E-state index contributed by atoms with van der Waals surface area (Å²) in [7, 11) is 0. The van der Waals surface area contributed by atoms with Crippen molar-refractivity contribution < 1.29 is 14.0 Å². The number of aryl methyl sites for hydroxylation is 1. The molecule has 158 valence electrons. The fourth-order valence-electron chi connectivity index (χ4n) is 3.69. The average Bonchev–Trinajstić information content (AvgIpc) is 2.80. The minimum atomic E-state index is -0.362. The quantitative estimate of drug-likeness (QED) is 0.698. The van der Waals surface area contributed by atoms with E-state index in [4.69, 9.17) is 0 Å². The van der Waals surface area contributed by atoms with E-state index in [0.717, 1.165) is 18.5 Å². The van der Waals surface area contributed by atoms with Gasteiger partial charge in [-0.05, 0) is 56.2 Å². The Morgan fingerprint density at radius 1 is 1.10 bits per heavy atom. The molecule has 1 fully saturated rings. The first-order chi connectivity index (χ1) is 15.0. The number of halogens is 1. The first kappa shape index (κ1) is 20.6. The van der Waals surface area contributed by atoms with E-state index in [0.29, 0.717) is 35.6 Å². The molecule has 1 unspecified atom stereocenters. The molecule has 0 spiro atoms. The maximum absolute atomic E-state index is 13.0. The average molecular weight is 419 g/mol. The molecule has 0 bridgehead atoms. The van der Waals surface area contributed by atoms with Gasteiger partial charge < -0.3 is 10.2 Å². The van der Waals surface area contributed by atoms with Crippen LogP contribution in [-0.4, -0.2) is 44.8 Å². The topological polar surface area (TPSA) is 88.1 Å². The number of anilines is 1. The highest BCUT2D eigenvalue weighted by Crippen LogP contribution is 2.27. The van der Waals surface area contributed by atoms with Crippen molar-refractivity contribution in [3.05, 3.63) is 83.5 Å². The number of rotatable bonds is 4. The van der Waals surface area contributed by atoms with Gasteiger partial charge in [0.1, 0.15) is 12.1 Å². The Balaban J connectivity index is 1.42. The molecule has 1 aliphatic rings. The van der Waals surface area contributed by atoms with E-state index in [2.05, 4.69) is 20.3 Å². The van der Waals surface area contributed by atoms with Crippen LogP contribution in [0, 0.1) is 12.7 Å². The molecule has 7 nitrogen and oxygen atoms in total. The Bertz CT molecular complexity index is 1090. The maximum Gasteiger partial charge on any atom is 0.257 e. The molecule has 0 aliphatic carbocycles. The number of piperidine rings is 1. The molecule has 0 saturated carbocycles. The minimum Gasteiger partial charge on any atom is -0.338 e. The lowest BCUT2D eigenvalue weighted by molar-refractivity contribution is 0.0704. The van der Waals surface area contributed by atoms with E-state index in [-0.39, 0.29) is 23.5 Å². The van der Waals surface area contributed by atoms with Crippen molar-refractivity contribution in [2.75, 3.05) is 18.4 Å². The summed E-state index contributed by atoms with van der Waals surface area (Å²) in [5.74, 6) is -0.653. The van der Waals surface area contributed by atoms with Gasteiger partial charge in [0.2, 0.25) is 0 Å². The molecule has 4 rings (SSSR count). The van der Waals surface area contributed by atoms with Crippen LogP contribution in [0.5, 0.6) is 0 Å². The van der Waals surface area contributed by atoms with Gasteiger partial charge in [0.15, 0.2) is 0 Å². The molecule has 1 aliphatic heterocycles. The van der Waals surface area contributed by atoms with Crippen LogP contribution in [0.15, 0.2) is 55.1 Å². The third-order valence-corrected chi connectivity index (χ3v) is 5.42. The summed E-state index contributed by atoms with van der Waals surface area (Å²) in [6, 6.07) is 9.13. The second-order valence-electron chi connectivity index (χ2n) is 7.54. The number of amides is 2. The molecule has 31 heavy (non-hydrogen) atoms. The van der Waals surface area contributed by atoms with E-state index in [1.165, 1.54) is 36.8 Å². The van der Waals surface area contributed by atoms with Crippen molar-refractivity contribution >= 4 is 17.5 Å². The van der Waals surface area contributed by atoms with Crippen LogP contribution in [0.4, 0.5) is 10.1 Å². The van der Waals surface area contributed by atoms with Gasteiger partial charge >= 0.3 is 0 Å². The number of nitrogens with one attached hydrogen (secondary N) is 1. The largest absolute Gasteiger partial charge is 0.338 e. The lowest BCUT2D eigenvalue weighted by Gasteiger charge is -2.32. The molecule has 1 aromatic carbocycles. The number of nitrogens with zero attached hydrogens (tertiary/aromatic N) is 4. The van der Waals surface area contributed by atoms with Gasteiger partial charge in [-0.3, -0.25) is 14.6 Å². The molecule has 2 amide bonds. The summed E-state index contributed by atoms with van der Waals surface area (Å²) in [5, 5.41) is 2.72. The fourth-order valence-corrected chi connectivity index (χ4v) is 3.69. The van der Waals surface area contributed by atoms with Crippen LogP contribution >= 0.6 is 0 Å². The van der Waals surface area contributed by atoms with E-state index in [1.54, 1.807) is 19.2 Å². The number of hydrogen-bond acceptors (Lipinski definition) is 5. The Morgan fingerprint density at radius 3 is 2.61 bits per heavy atom. The zero-order valence-electron chi connectivity index (χ0n) is 17.1. The second kappa shape index (κ2) is 8.99. The molecular weight excluding hydrogens is 397 g/mol. The van der Waals surface area contributed by atoms with Gasteiger partial charge in [0.25, 0.3) is 11.8 Å². The summed E-state index contributed by atoms with van der Waals surface area (Å²) in [4.78, 5) is 39.7. The van der Waals surface area contributed by atoms with Crippen molar-refractivity contribution in [3.8, 4) is 0 Å². The summed E-state index contributed by atoms with van der Waals surface area (Å²) >= 11 is 0. The van der Waals surface area contributed by atoms with Crippen molar-refractivity contribution in [3.63, 3.8) is 0 Å². The molecule has 1 atom stereocenters. The van der Waals surface area contributed by atoms with Crippen LogP contribution in [0.2, 0.25) is 0 Å². The van der Waals surface area contributed by atoms with E-state index in [1.807, 2.05) is 11.0 Å². The predicted molar refractivity (Wildman–Crippen MR) is 113 cm³/mol. The molecule has 2 aromatic heterocycles. The van der Waals surface area contributed by atoms with Crippen LogP contribution in [0.3, 0.4) is 0 Å². The number of carbonyl (C=O) groups is 2. The van der Waals surface area contributed by atoms with Crippen molar-refractivity contribution in [1.29, 1.82) is 0 Å². The lowest BCUT2D eigenvalue weighted by Crippen LogP contribution is -2.39. The third kappa shape index (κ3) is 4.74. The monoisotopic (exact) mass is 419 g/mol. The summed E-state index contributed by atoms with van der Waals surface area (Å²) in [5.41, 5.74) is 2.95. The Labute approximate surface area is 179 Å². The first-order valence-corrected chi connectivity index (χ1v) is 10.1. The van der Waals surface area contributed by atoms with Crippen molar-refractivity contribution in [2.45, 2.75) is 25.7 Å². The molecule has 1 N–H and O–H groups in total. The highest BCUT2D eigenvalue weighted by Gasteiger charge is 2.27. The van der Waals surface area contributed by atoms with Crippen molar-refractivity contribution in [1.82, 2.24) is 19.9 Å². The smallest absolute Gasteiger partial charge is 0.257 e. The fraction of sp³-hybridized carbons (Fsp3) is 0.261. The SMILES string of the molecule is Cc1ncncc1C(=O)N1CCCC(c2ccc(C(=O)Nc3ccc(F)cc3)cn2)C1. The molecule has 3 aromatic rings. The summed E-state index contributed by atoms with van der Waals surface area (Å²) < 4.78 is 13.0. The molecule has 8 heteroatoms. The molecular formula is C23H22FN5O2. The highest BCUT2D eigenvalue weighted by molar-refractivity contribution is 6.04. The van der Waals surface area contributed by atoms with E-state index in [9.17, 15) is 14.0 Å². The standard InChI is InChI=1S/C23H22FN5O2/c1-15-20(12-25-14-27-15)23(31)29-10-2-3-17(13-29)21-9-4-16(11-26-21)22(30)28-19-7-5-18(24)6-8-19/h4-9,11-12,14,17H,2-3,10,13H2,1H3,(H,28,30). The zero-order valence-corrected chi connectivity index (χ0v) is 17.1. The van der Waals surface area contributed by atoms with Gasteiger partial charge in [-0.15, -0.1) is 0 Å². The highest BCUT2D eigenvalue weighted by atomic mass is 19.1. The number of hydrogen-bond donors (Lipinski definition) is 1. The van der Waals surface area contributed by atoms with E-state index < -0.39 is 0 Å². The Hall–Kier alpha value is -3.68. The normalized spacial score (nSPS) is 16.1. The van der Waals surface area contributed by atoms with Gasteiger partial charge in [-0.1, -0.05) is 0 Å². The Kier molecular flexibility index (Phi) is 5.97. The first-order valence-electron chi connectivity index (χ1n) is 10.1.